The van der Waals surface area contributed by atoms with Crippen LogP contribution < -0.4 is 10.1 Å². The van der Waals surface area contributed by atoms with E-state index in [1.807, 2.05) is 0 Å². The Kier molecular flexibility index (Phi) is 4.88. The molecule has 3 rings (SSSR count). The quantitative estimate of drug-likeness (QED) is 0.878. The lowest BCUT2D eigenvalue weighted by molar-refractivity contribution is 0.234. The standard InChI is InChI=1S/C20H28N2O/c1-20(2,15-22-10-6-7-11-22)21-14-16-12-17-8-4-5-9-18(17)19(13-16)23-3/h4-5,8-9,12-13,21H,6-7,10-11,14-15H2,1-3H3. The van der Waals surface area contributed by atoms with E-state index in [2.05, 4.69) is 60.5 Å². The van der Waals surface area contributed by atoms with Gasteiger partial charge in [-0.15, -0.1) is 0 Å². The second kappa shape index (κ2) is 6.90. The van der Waals surface area contributed by atoms with Gasteiger partial charge in [-0.2, -0.15) is 0 Å². The Balaban J connectivity index is 1.70. The highest BCUT2D eigenvalue weighted by Crippen LogP contribution is 2.27. The Morgan fingerprint density at radius 3 is 2.61 bits per heavy atom. The first-order chi connectivity index (χ1) is 11.1. The van der Waals surface area contributed by atoms with Crippen LogP contribution in [0.4, 0.5) is 0 Å². The van der Waals surface area contributed by atoms with Crippen molar-refractivity contribution in [2.24, 2.45) is 0 Å². The zero-order valence-electron chi connectivity index (χ0n) is 14.6. The monoisotopic (exact) mass is 312 g/mol. The molecule has 1 saturated heterocycles. The minimum absolute atomic E-state index is 0.114. The summed E-state index contributed by atoms with van der Waals surface area (Å²) >= 11 is 0. The SMILES string of the molecule is COc1cc(CNC(C)(C)CN2CCCC2)cc2ccccc12. The highest BCUT2D eigenvalue weighted by atomic mass is 16.5. The predicted octanol–water partition coefficient (Wildman–Crippen LogP) is 3.81. The maximum atomic E-state index is 5.57. The average Bonchev–Trinajstić information content (AvgIpc) is 3.04. The van der Waals surface area contributed by atoms with Crippen LogP contribution in [-0.4, -0.2) is 37.2 Å². The molecule has 1 fully saturated rings. The van der Waals surface area contributed by atoms with E-state index in [0.717, 1.165) is 18.8 Å². The molecular weight excluding hydrogens is 284 g/mol. The molecule has 0 saturated carbocycles. The second-order valence-corrected chi connectivity index (χ2v) is 7.24. The lowest BCUT2D eigenvalue weighted by Crippen LogP contribution is -2.48. The van der Waals surface area contributed by atoms with Gasteiger partial charge in [0.15, 0.2) is 0 Å². The largest absolute Gasteiger partial charge is 0.496 e. The number of hydrogen-bond donors (Lipinski definition) is 1. The molecule has 0 radical (unpaired) electrons. The molecule has 0 atom stereocenters. The van der Waals surface area contributed by atoms with Crippen LogP contribution in [-0.2, 0) is 6.54 Å². The molecule has 23 heavy (non-hydrogen) atoms. The number of benzene rings is 2. The predicted molar refractivity (Wildman–Crippen MR) is 97.1 cm³/mol. The molecule has 0 aliphatic carbocycles. The van der Waals surface area contributed by atoms with Gasteiger partial charge >= 0.3 is 0 Å². The summed E-state index contributed by atoms with van der Waals surface area (Å²) in [5, 5.41) is 6.13. The second-order valence-electron chi connectivity index (χ2n) is 7.24. The van der Waals surface area contributed by atoms with Gasteiger partial charge in [-0.05, 0) is 62.9 Å². The molecule has 3 heteroatoms. The molecule has 3 nitrogen and oxygen atoms in total. The van der Waals surface area contributed by atoms with Crippen LogP contribution in [0, 0.1) is 0 Å². The van der Waals surface area contributed by atoms with Crippen LogP contribution in [0.2, 0.25) is 0 Å². The van der Waals surface area contributed by atoms with E-state index < -0.39 is 0 Å². The number of rotatable bonds is 6. The number of hydrogen-bond acceptors (Lipinski definition) is 3. The van der Waals surface area contributed by atoms with Crippen molar-refractivity contribution in [1.29, 1.82) is 0 Å². The minimum Gasteiger partial charge on any atom is -0.496 e. The number of fused-ring (bicyclic) bond motifs is 1. The summed E-state index contributed by atoms with van der Waals surface area (Å²) in [4.78, 5) is 2.56. The van der Waals surface area contributed by atoms with E-state index in [1.165, 1.54) is 42.3 Å². The van der Waals surface area contributed by atoms with E-state index in [9.17, 15) is 0 Å². The van der Waals surface area contributed by atoms with Gasteiger partial charge in [-0.1, -0.05) is 24.3 Å². The first kappa shape index (κ1) is 16.3. The van der Waals surface area contributed by atoms with Crippen molar-refractivity contribution >= 4 is 10.8 Å². The molecular formula is C20H28N2O. The van der Waals surface area contributed by atoms with Gasteiger partial charge in [-0.25, -0.2) is 0 Å². The van der Waals surface area contributed by atoms with Crippen LogP contribution in [0.1, 0.15) is 32.3 Å². The Hall–Kier alpha value is -1.58. The van der Waals surface area contributed by atoms with E-state index in [0.29, 0.717) is 0 Å². The normalized spacial score (nSPS) is 16.1. The van der Waals surface area contributed by atoms with Crippen LogP contribution in [0.3, 0.4) is 0 Å². The Labute approximate surface area is 139 Å². The summed E-state index contributed by atoms with van der Waals surface area (Å²) in [7, 11) is 1.75. The van der Waals surface area contributed by atoms with Crippen LogP contribution in [0.25, 0.3) is 10.8 Å². The van der Waals surface area contributed by atoms with E-state index >= 15 is 0 Å². The Bertz CT molecular complexity index is 660. The first-order valence-corrected chi connectivity index (χ1v) is 8.60. The molecule has 0 unspecified atom stereocenters. The van der Waals surface area contributed by atoms with E-state index in [4.69, 9.17) is 4.74 Å². The van der Waals surface area contributed by atoms with E-state index in [-0.39, 0.29) is 5.54 Å². The summed E-state index contributed by atoms with van der Waals surface area (Å²) in [5.41, 5.74) is 1.39. The maximum absolute atomic E-state index is 5.57. The van der Waals surface area contributed by atoms with Gasteiger partial charge in [0.25, 0.3) is 0 Å². The van der Waals surface area contributed by atoms with Crippen LogP contribution >= 0.6 is 0 Å². The molecule has 0 aromatic heterocycles. The number of nitrogens with zero attached hydrogens (tertiary/aromatic N) is 1. The third kappa shape index (κ3) is 4.04. The highest BCUT2D eigenvalue weighted by Gasteiger charge is 2.23. The molecule has 124 valence electrons. The van der Waals surface area contributed by atoms with Crippen molar-refractivity contribution in [3.8, 4) is 5.75 Å². The smallest absolute Gasteiger partial charge is 0.127 e. The highest BCUT2D eigenvalue weighted by molar-refractivity contribution is 5.89. The molecule has 0 bridgehead atoms. The van der Waals surface area contributed by atoms with Crippen molar-refractivity contribution < 1.29 is 4.74 Å². The third-order valence-corrected chi connectivity index (χ3v) is 4.69. The van der Waals surface area contributed by atoms with Crippen molar-refractivity contribution in [2.45, 2.75) is 38.8 Å². The molecule has 1 N–H and O–H groups in total. The van der Waals surface area contributed by atoms with Gasteiger partial charge in [-0.3, -0.25) is 0 Å². The van der Waals surface area contributed by atoms with Crippen LogP contribution in [0.5, 0.6) is 5.75 Å². The minimum atomic E-state index is 0.114. The molecule has 0 amide bonds. The Morgan fingerprint density at radius 1 is 1.13 bits per heavy atom. The lowest BCUT2D eigenvalue weighted by atomic mass is 10.0. The summed E-state index contributed by atoms with van der Waals surface area (Å²) in [6, 6.07) is 12.8. The molecule has 1 aliphatic rings. The molecule has 1 heterocycles. The first-order valence-electron chi connectivity index (χ1n) is 8.60. The fraction of sp³-hybridized carbons (Fsp3) is 0.500. The van der Waals surface area contributed by atoms with Gasteiger partial charge < -0.3 is 15.0 Å². The Morgan fingerprint density at radius 2 is 1.87 bits per heavy atom. The summed E-state index contributed by atoms with van der Waals surface area (Å²) < 4.78 is 5.57. The van der Waals surface area contributed by atoms with Crippen molar-refractivity contribution in [1.82, 2.24) is 10.2 Å². The summed E-state index contributed by atoms with van der Waals surface area (Å²) in [5.74, 6) is 0.956. The molecule has 2 aromatic carbocycles. The zero-order valence-corrected chi connectivity index (χ0v) is 14.6. The maximum Gasteiger partial charge on any atom is 0.127 e. The molecule has 1 aliphatic heterocycles. The van der Waals surface area contributed by atoms with Crippen LogP contribution in [0.15, 0.2) is 36.4 Å². The number of nitrogens with one attached hydrogen (secondary N) is 1. The summed E-state index contributed by atoms with van der Waals surface area (Å²) in [6.45, 7) is 9.05. The van der Waals surface area contributed by atoms with Gasteiger partial charge in [0.2, 0.25) is 0 Å². The number of ether oxygens (including phenoxy) is 1. The number of methoxy groups -OCH3 is 1. The molecule has 0 spiro atoms. The fourth-order valence-corrected chi connectivity index (χ4v) is 3.50. The van der Waals surface area contributed by atoms with E-state index in [1.54, 1.807) is 7.11 Å². The van der Waals surface area contributed by atoms with Gasteiger partial charge in [0.1, 0.15) is 5.75 Å². The topological polar surface area (TPSA) is 24.5 Å². The lowest BCUT2D eigenvalue weighted by Gasteiger charge is -2.31. The average molecular weight is 312 g/mol. The van der Waals surface area contributed by atoms with Crippen molar-refractivity contribution in [3.63, 3.8) is 0 Å². The zero-order chi connectivity index (χ0) is 16.3. The van der Waals surface area contributed by atoms with Gasteiger partial charge in [0, 0.05) is 24.0 Å². The summed E-state index contributed by atoms with van der Waals surface area (Å²) in [6.07, 6.45) is 2.69. The number of likely N-dealkylation sites (tertiary alicyclic amines) is 1. The van der Waals surface area contributed by atoms with Crippen molar-refractivity contribution in [2.75, 3.05) is 26.7 Å². The van der Waals surface area contributed by atoms with Gasteiger partial charge in [0.05, 0.1) is 7.11 Å². The van der Waals surface area contributed by atoms with Crippen molar-refractivity contribution in [3.05, 3.63) is 42.0 Å². The third-order valence-electron chi connectivity index (χ3n) is 4.69. The fourth-order valence-electron chi connectivity index (χ4n) is 3.50. The molecule has 2 aromatic rings.